The van der Waals surface area contributed by atoms with Gasteiger partial charge in [0.05, 0.1) is 4.83 Å². The smallest absolute Gasteiger partial charge is 0.0647 e. The molecule has 0 aliphatic carbocycles. The molecule has 0 bridgehead atoms. The van der Waals surface area contributed by atoms with Gasteiger partial charge in [0.1, 0.15) is 0 Å². The minimum absolute atomic E-state index is 0.222. The second kappa shape index (κ2) is 5.24. The summed E-state index contributed by atoms with van der Waals surface area (Å²) in [5.41, 5.74) is 5.12. The van der Waals surface area contributed by atoms with Crippen LogP contribution in [0.4, 0.5) is 0 Å². The molecule has 17 heavy (non-hydrogen) atoms. The largest absolute Gasteiger partial charge is 0.0843 e. The second-order valence-electron chi connectivity index (χ2n) is 4.27. The Kier molecular flexibility index (Phi) is 3.90. The molecule has 0 aromatic heterocycles. The van der Waals surface area contributed by atoms with E-state index in [2.05, 4.69) is 60.1 Å². The van der Waals surface area contributed by atoms with Gasteiger partial charge in [-0.15, -0.1) is 0 Å². The fraction of sp³-hybridized carbons (Fsp3) is 0.200. The Balaban J connectivity index is 2.39. The summed E-state index contributed by atoms with van der Waals surface area (Å²) in [6, 6.07) is 14.5. The van der Waals surface area contributed by atoms with Crippen LogP contribution in [-0.4, -0.2) is 0 Å². The van der Waals surface area contributed by atoms with E-state index in [0.717, 1.165) is 5.02 Å². The predicted molar refractivity (Wildman–Crippen MR) is 78.1 cm³/mol. The molecule has 1 atom stereocenters. The first-order valence-corrected chi connectivity index (χ1v) is 6.84. The van der Waals surface area contributed by atoms with Gasteiger partial charge in [-0.2, -0.15) is 0 Å². The minimum atomic E-state index is 0.222. The summed E-state index contributed by atoms with van der Waals surface area (Å²) in [6.45, 7) is 4.25. The number of rotatable bonds is 2. The lowest BCUT2D eigenvalue weighted by atomic mass is 9.98. The van der Waals surface area contributed by atoms with Gasteiger partial charge in [-0.25, -0.2) is 0 Å². The molecule has 0 nitrogen and oxygen atoms in total. The summed E-state index contributed by atoms with van der Waals surface area (Å²) in [4.78, 5) is 0.222. The Bertz CT molecular complexity index is 517. The molecule has 0 saturated heterocycles. The van der Waals surface area contributed by atoms with Gasteiger partial charge >= 0.3 is 0 Å². The van der Waals surface area contributed by atoms with Crippen molar-refractivity contribution in [2.45, 2.75) is 18.7 Å². The van der Waals surface area contributed by atoms with Crippen LogP contribution in [0.2, 0.25) is 5.02 Å². The van der Waals surface area contributed by atoms with Crippen LogP contribution in [0.1, 0.15) is 27.1 Å². The van der Waals surface area contributed by atoms with Crippen LogP contribution in [0.3, 0.4) is 0 Å². The van der Waals surface area contributed by atoms with Gasteiger partial charge in [-0.05, 0) is 42.7 Å². The van der Waals surface area contributed by atoms with Crippen molar-refractivity contribution in [3.8, 4) is 0 Å². The Morgan fingerprint density at radius 2 is 1.65 bits per heavy atom. The average Bonchev–Trinajstić information content (AvgIpc) is 2.32. The monoisotopic (exact) mass is 308 g/mol. The van der Waals surface area contributed by atoms with E-state index < -0.39 is 0 Å². The third-order valence-electron chi connectivity index (χ3n) is 2.87. The van der Waals surface area contributed by atoms with E-state index in [1.807, 2.05) is 12.1 Å². The highest BCUT2D eigenvalue weighted by Gasteiger charge is 2.12. The van der Waals surface area contributed by atoms with Crippen molar-refractivity contribution >= 4 is 27.5 Å². The summed E-state index contributed by atoms with van der Waals surface area (Å²) >= 11 is 9.66. The van der Waals surface area contributed by atoms with Crippen molar-refractivity contribution in [1.29, 1.82) is 0 Å². The highest BCUT2D eigenvalue weighted by atomic mass is 79.9. The maximum absolute atomic E-state index is 5.90. The van der Waals surface area contributed by atoms with Crippen molar-refractivity contribution in [3.05, 3.63) is 69.7 Å². The summed E-state index contributed by atoms with van der Waals surface area (Å²) < 4.78 is 0. The molecule has 0 saturated carbocycles. The number of alkyl halides is 1. The van der Waals surface area contributed by atoms with Crippen molar-refractivity contribution in [1.82, 2.24) is 0 Å². The van der Waals surface area contributed by atoms with E-state index >= 15 is 0 Å². The summed E-state index contributed by atoms with van der Waals surface area (Å²) in [5, 5.41) is 0.773. The quantitative estimate of drug-likeness (QED) is 0.648. The SMILES string of the molecule is Cc1ccc(C)c(C(Br)c2ccc(Cl)cc2)c1. The number of benzene rings is 2. The molecule has 1 unspecified atom stereocenters. The molecule has 0 radical (unpaired) electrons. The Morgan fingerprint density at radius 3 is 2.29 bits per heavy atom. The third kappa shape index (κ3) is 2.91. The van der Waals surface area contributed by atoms with Crippen LogP contribution in [-0.2, 0) is 0 Å². The molecule has 0 aliphatic rings. The predicted octanol–water partition coefficient (Wildman–Crippen LogP) is 5.44. The Labute approximate surface area is 116 Å². The molecule has 0 amide bonds. The van der Waals surface area contributed by atoms with E-state index in [0.29, 0.717) is 0 Å². The molecule has 88 valence electrons. The van der Waals surface area contributed by atoms with Crippen LogP contribution in [0.25, 0.3) is 0 Å². The fourth-order valence-electron chi connectivity index (χ4n) is 1.84. The number of halogens is 2. The molecule has 0 N–H and O–H groups in total. The minimum Gasteiger partial charge on any atom is -0.0843 e. The molecule has 2 heteroatoms. The third-order valence-corrected chi connectivity index (χ3v) is 4.14. The first kappa shape index (κ1) is 12.7. The summed E-state index contributed by atoms with van der Waals surface area (Å²) in [6.07, 6.45) is 0. The second-order valence-corrected chi connectivity index (χ2v) is 5.63. The molecule has 0 spiro atoms. The molecule has 2 rings (SSSR count). The van der Waals surface area contributed by atoms with E-state index in [9.17, 15) is 0 Å². The van der Waals surface area contributed by atoms with E-state index in [4.69, 9.17) is 11.6 Å². The van der Waals surface area contributed by atoms with Crippen LogP contribution in [0.15, 0.2) is 42.5 Å². The summed E-state index contributed by atoms with van der Waals surface area (Å²) in [5.74, 6) is 0. The van der Waals surface area contributed by atoms with Crippen molar-refractivity contribution < 1.29 is 0 Å². The fourth-order valence-corrected chi connectivity index (χ4v) is 2.77. The lowest BCUT2D eigenvalue weighted by molar-refractivity contribution is 1.13. The van der Waals surface area contributed by atoms with Crippen LogP contribution < -0.4 is 0 Å². The number of hydrogen-bond donors (Lipinski definition) is 0. The van der Waals surface area contributed by atoms with Gasteiger partial charge in [-0.1, -0.05) is 63.4 Å². The molecular weight excluding hydrogens is 296 g/mol. The topological polar surface area (TPSA) is 0 Å². The first-order valence-electron chi connectivity index (χ1n) is 5.54. The molecule has 2 aromatic rings. The van der Waals surface area contributed by atoms with Gasteiger partial charge in [0.2, 0.25) is 0 Å². The van der Waals surface area contributed by atoms with Gasteiger partial charge < -0.3 is 0 Å². The Morgan fingerprint density at radius 1 is 1.00 bits per heavy atom. The van der Waals surface area contributed by atoms with Gasteiger partial charge in [0.25, 0.3) is 0 Å². The first-order chi connectivity index (χ1) is 8.08. The van der Waals surface area contributed by atoms with E-state index in [-0.39, 0.29) is 4.83 Å². The van der Waals surface area contributed by atoms with Crippen molar-refractivity contribution in [3.63, 3.8) is 0 Å². The maximum Gasteiger partial charge on any atom is 0.0647 e. The molecule has 0 fully saturated rings. The highest BCUT2D eigenvalue weighted by molar-refractivity contribution is 9.09. The highest BCUT2D eigenvalue weighted by Crippen LogP contribution is 2.33. The van der Waals surface area contributed by atoms with Crippen LogP contribution in [0, 0.1) is 13.8 Å². The number of hydrogen-bond acceptors (Lipinski definition) is 0. The maximum atomic E-state index is 5.90. The zero-order valence-electron chi connectivity index (χ0n) is 9.87. The van der Waals surface area contributed by atoms with E-state index in [1.165, 1.54) is 22.3 Å². The van der Waals surface area contributed by atoms with Crippen LogP contribution >= 0.6 is 27.5 Å². The zero-order chi connectivity index (χ0) is 12.4. The normalized spacial score (nSPS) is 12.5. The standard InChI is InChI=1S/C15H14BrCl/c1-10-3-4-11(2)14(9-10)15(16)12-5-7-13(17)8-6-12/h3-9,15H,1-2H3. The Hall–Kier alpha value is -0.790. The van der Waals surface area contributed by atoms with Gasteiger partial charge in [-0.3, -0.25) is 0 Å². The molecule has 0 aliphatic heterocycles. The van der Waals surface area contributed by atoms with Gasteiger partial charge in [0, 0.05) is 5.02 Å². The molecule has 2 aromatic carbocycles. The van der Waals surface area contributed by atoms with Gasteiger partial charge in [0.15, 0.2) is 0 Å². The lowest BCUT2D eigenvalue weighted by Crippen LogP contribution is -1.96. The van der Waals surface area contributed by atoms with Crippen molar-refractivity contribution in [2.24, 2.45) is 0 Å². The molecular formula is C15H14BrCl. The zero-order valence-corrected chi connectivity index (χ0v) is 12.2. The lowest BCUT2D eigenvalue weighted by Gasteiger charge is -2.14. The summed E-state index contributed by atoms with van der Waals surface area (Å²) in [7, 11) is 0. The molecule has 0 heterocycles. The average molecular weight is 310 g/mol. The van der Waals surface area contributed by atoms with Crippen molar-refractivity contribution in [2.75, 3.05) is 0 Å². The van der Waals surface area contributed by atoms with Crippen LogP contribution in [0.5, 0.6) is 0 Å². The number of aryl methyl sites for hydroxylation is 2. The van der Waals surface area contributed by atoms with E-state index in [1.54, 1.807) is 0 Å².